The third kappa shape index (κ3) is 2.80. The van der Waals surface area contributed by atoms with Crippen molar-refractivity contribution in [3.63, 3.8) is 0 Å². The Morgan fingerprint density at radius 1 is 1.47 bits per heavy atom. The molecule has 0 aliphatic heterocycles. The molecule has 0 aliphatic rings. The van der Waals surface area contributed by atoms with Gasteiger partial charge in [0.25, 0.3) is 0 Å². The molecule has 1 aromatic rings. The van der Waals surface area contributed by atoms with Crippen LogP contribution in [-0.2, 0) is 11.3 Å². The minimum Gasteiger partial charge on any atom is -0.481 e. The van der Waals surface area contributed by atoms with Gasteiger partial charge >= 0.3 is 5.97 Å². The van der Waals surface area contributed by atoms with E-state index in [1.807, 2.05) is 31.2 Å². The molecule has 0 saturated carbocycles. The molecule has 3 N–H and O–H groups in total. The standard InChI is InChI=1S/C12H17NO2/c1-2-5-11(12(14)15)10-7-4-3-6-9(10)8-13/h3-4,6-7,11H,2,5,8,13H2,1H3,(H,14,15). The monoisotopic (exact) mass is 207 g/mol. The number of carbonyl (C=O) groups is 1. The van der Waals surface area contributed by atoms with Crippen LogP contribution in [0.25, 0.3) is 0 Å². The van der Waals surface area contributed by atoms with Crippen LogP contribution in [-0.4, -0.2) is 11.1 Å². The summed E-state index contributed by atoms with van der Waals surface area (Å²) in [6, 6.07) is 7.49. The van der Waals surface area contributed by atoms with Gasteiger partial charge in [-0.2, -0.15) is 0 Å². The predicted octanol–water partition coefficient (Wildman–Crippen LogP) is 2.11. The van der Waals surface area contributed by atoms with Gasteiger partial charge in [0.1, 0.15) is 0 Å². The van der Waals surface area contributed by atoms with Crippen LogP contribution in [0.2, 0.25) is 0 Å². The fourth-order valence-electron chi connectivity index (χ4n) is 1.76. The molecular weight excluding hydrogens is 190 g/mol. The highest BCUT2D eigenvalue weighted by atomic mass is 16.4. The number of nitrogens with two attached hydrogens (primary N) is 1. The molecule has 0 bridgehead atoms. The summed E-state index contributed by atoms with van der Waals surface area (Å²) in [6.45, 7) is 2.38. The van der Waals surface area contributed by atoms with E-state index in [9.17, 15) is 4.79 Å². The van der Waals surface area contributed by atoms with Crippen molar-refractivity contribution in [3.05, 3.63) is 35.4 Å². The molecule has 0 radical (unpaired) electrons. The number of hydrogen-bond acceptors (Lipinski definition) is 2. The van der Waals surface area contributed by atoms with E-state index < -0.39 is 11.9 Å². The van der Waals surface area contributed by atoms with Crippen molar-refractivity contribution in [1.29, 1.82) is 0 Å². The van der Waals surface area contributed by atoms with E-state index in [1.54, 1.807) is 0 Å². The maximum atomic E-state index is 11.1. The Morgan fingerprint density at radius 3 is 2.67 bits per heavy atom. The van der Waals surface area contributed by atoms with Gasteiger partial charge in [0.05, 0.1) is 5.92 Å². The van der Waals surface area contributed by atoms with Gasteiger partial charge in [-0.25, -0.2) is 0 Å². The Morgan fingerprint density at radius 2 is 2.13 bits per heavy atom. The van der Waals surface area contributed by atoms with Gasteiger partial charge in [0, 0.05) is 6.54 Å². The van der Waals surface area contributed by atoms with Gasteiger partial charge in [-0.3, -0.25) is 4.79 Å². The first-order chi connectivity index (χ1) is 7.20. The quantitative estimate of drug-likeness (QED) is 0.777. The number of hydrogen-bond donors (Lipinski definition) is 2. The third-order valence-corrected chi connectivity index (χ3v) is 2.53. The van der Waals surface area contributed by atoms with Gasteiger partial charge in [-0.1, -0.05) is 37.6 Å². The van der Waals surface area contributed by atoms with Crippen molar-refractivity contribution < 1.29 is 9.90 Å². The zero-order chi connectivity index (χ0) is 11.3. The fraction of sp³-hybridized carbons (Fsp3) is 0.417. The summed E-state index contributed by atoms with van der Waals surface area (Å²) in [7, 11) is 0. The molecular formula is C12H17NO2. The second-order valence-corrected chi connectivity index (χ2v) is 3.58. The number of aliphatic carboxylic acids is 1. The topological polar surface area (TPSA) is 63.3 Å². The molecule has 82 valence electrons. The second kappa shape index (κ2) is 5.51. The van der Waals surface area contributed by atoms with Crippen LogP contribution in [0.1, 0.15) is 36.8 Å². The molecule has 1 rings (SSSR count). The Bertz CT molecular complexity index is 336. The molecule has 0 amide bonds. The average molecular weight is 207 g/mol. The molecule has 3 nitrogen and oxygen atoms in total. The summed E-state index contributed by atoms with van der Waals surface area (Å²) >= 11 is 0. The lowest BCUT2D eigenvalue weighted by atomic mass is 9.91. The number of carboxylic acids is 1. The van der Waals surface area contributed by atoms with Gasteiger partial charge in [-0.05, 0) is 17.5 Å². The van der Waals surface area contributed by atoms with E-state index in [0.29, 0.717) is 13.0 Å². The summed E-state index contributed by atoms with van der Waals surface area (Å²) in [5, 5.41) is 9.14. The minimum atomic E-state index is -0.766. The summed E-state index contributed by atoms with van der Waals surface area (Å²) in [4.78, 5) is 11.1. The van der Waals surface area contributed by atoms with Gasteiger partial charge in [-0.15, -0.1) is 0 Å². The molecule has 0 heterocycles. The largest absolute Gasteiger partial charge is 0.481 e. The maximum absolute atomic E-state index is 11.1. The fourth-order valence-corrected chi connectivity index (χ4v) is 1.76. The lowest BCUT2D eigenvalue weighted by Crippen LogP contribution is -2.14. The first-order valence-electron chi connectivity index (χ1n) is 5.21. The maximum Gasteiger partial charge on any atom is 0.310 e. The predicted molar refractivity (Wildman–Crippen MR) is 59.6 cm³/mol. The van der Waals surface area contributed by atoms with E-state index >= 15 is 0 Å². The van der Waals surface area contributed by atoms with Gasteiger partial charge in [0.2, 0.25) is 0 Å². The first kappa shape index (κ1) is 11.7. The lowest BCUT2D eigenvalue weighted by molar-refractivity contribution is -0.139. The molecule has 0 fully saturated rings. The Hall–Kier alpha value is -1.35. The molecule has 1 atom stereocenters. The molecule has 0 saturated heterocycles. The van der Waals surface area contributed by atoms with Crippen LogP contribution in [0.5, 0.6) is 0 Å². The molecule has 15 heavy (non-hydrogen) atoms. The minimum absolute atomic E-state index is 0.393. The van der Waals surface area contributed by atoms with Crippen LogP contribution in [0.4, 0.5) is 0 Å². The highest BCUT2D eigenvalue weighted by molar-refractivity contribution is 5.76. The number of rotatable bonds is 5. The molecule has 0 aromatic heterocycles. The van der Waals surface area contributed by atoms with E-state index in [-0.39, 0.29) is 0 Å². The van der Waals surface area contributed by atoms with Crippen molar-refractivity contribution >= 4 is 5.97 Å². The molecule has 3 heteroatoms. The SMILES string of the molecule is CCCC(C(=O)O)c1ccccc1CN. The molecule has 1 unspecified atom stereocenters. The summed E-state index contributed by atoms with van der Waals surface area (Å²) in [6.07, 6.45) is 1.52. The Kier molecular flexibility index (Phi) is 4.31. The summed E-state index contributed by atoms with van der Waals surface area (Å²) in [5.74, 6) is -1.19. The van der Waals surface area contributed by atoms with E-state index in [4.69, 9.17) is 10.8 Å². The summed E-state index contributed by atoms with van der Waals surface area (Å²) in [5.41, 5.74) is 7.38. The van der Waals surface area contributed by atoms with Crippen molar-refractivity contribution in [2.45, 2.75) is 32.2 Å². The highest BCUT2D eigenvalue weighted by Crippen LogP contribution is 2.24. The molecule has 0 aliphatic carbocycles. The smallest absolute Gasteiger partial charge is 0.310 e. The van der Waals surface area contributed by atoms with E-state index in [2.05, 4.69) is 0 Å². The second-order valence-electron chi connectivity index (χ2n) is 3.58. The van der Waals surface area contributed by atoms with E-state index in [0.717, 1.165) is 17.5 Å². The van der Waals surface area contributed by atoms with Crippen molar-refractivity contribution in [3.8, 4) is 0 Å². The Labute approximate surface area is 89.9 Å². The molecule has 1 aromatic carbocycles. The average Bonchev–Trinajstić information content (AvgIpc) is 2.25. The first-order valence-corrected chi connectivity index (χ1v) is 5.21. The van der Waals surface area contributed by atoms with E-state index in [1.165, 1.54) is 0 Å². The Balaban J connectivity index is 3.04. The summed E-state index contributed by atoms with van der Waals surface area (Å²) < 4.78 is 0. The van der Waals surface area contributed by atoms with Crippen LogP contribution >= 0.6 is 0 Å². The van der Waals surface area contributed by atoms with Crippen molar-refractivity contribution in [2.75, 3.05) is 0 Å². The normalized spacial score (nSPS) is 12.4. The number of benzene rings is 1. The zero-order valence-corrected chi connectivity index (χ0v) is 8.94. The molecule has 0 spiro atoms. The lowest BCUT2D eigenvalue weighted by Gasteiger charge is -2.15. The van der Waals surface area contributed by atoms with Crippen LogP contribution in [0, 0.1) is 0 Å². The van der Waals surface area contributed by atoms with Crippen LogP contribution in [0.15, 0.2) is 24.3 Å². The van der Waals surface area contributed by atoms with Crippen LogP contribution in [0.3, 0.4) is 0 Å². The van der Waals surface area contributed by atoms with Crippen molar-refractivity contribution in [2.24, 2.45) is 5.73 Å². The van der Waals surface area contributed by atoms with Crippen LogP contribution < -0.4 is 5.73 Å². The van der Waals surface area contributed by atoms with Crippen molar-refractivity contribution in [1.82, 2.24) is 0 Å². The number of carboxylic acid groups (broad SMARTS) is 1. The third-order valence-electron chi connectivity index (χ3n) is 2.53. The van der Waals surface area contributed by atoms with Gasteiger partial charge < -0.3 is 10.8 Å². The highest BCUT2D eigenvalue weighted by Gasteiger charge is 2.20. The zero-order valence-electron chi connectivity index (χ0n) is 8.94. The van der Waals surface area contributed by atoms with Gasteiger partial charge in [0.15, 0.2) is 0 Å².